The molecule has 0 aliphatic rings. The summed E-state index contributed by atoms with van der Waals surface area (Å²) in [6, 6.07) is 2.39. The predicted octanol–water partition coefficient (Wildman–Crippen LogP) is 2.08. The zero-order chi connectivity index (χ0) is 10.7. The van der Waals surface area contributed by atoms with Crippen LogP contribution in [0.15, 0.2) is 10.9 Å². The first kappa shape index (κ1) is 10.9. The van der Waals surface area contributed by atoms with Crippen molar-refractivity contribution in [3.63, 3.8) is 0 Å². The van der Waals surface area contributed by atoms with E-state index in [0.717, 1.165) is 6.07 Å². The Kier molecular flexibility index (Phi) is 3.36. The molecule has 1 heterocycles. The second-order valence-corrected chi connectivity index (χ2v) is 3.05. The van der Waals surface area contributed by atoms with Gasteiger partial charge in [0.05, 0.1) is 5.56 Å². The first-order valence-electron chi connectivity index (χ1n) is 3.60. The third-order valence-electron chi connectivity index (χ3n) is 1.63. The lowest BCUT2D eigenvalue weighted by molar-refractivity contribution is 0.150. The van der Waals surface area contributed by atoms with Gasteiger partial charge in [0.25, 0.3) is 6.43 Å². The van der Waals surface area contributed by atoms with Gasteiger partial charge in [-0.15, -0.1) is 0 Å². The summed E-state index contributed by atoms with van der Waals surface area (Å²) in [6.45, 7) is 0. The molecule has 0 bridgehead atoms. The molecule has 0 saturated heterocycles. The van der Waals surface area contributed by atoms with Crippen molar-refractivity contribution >= 4 is 15.9 Å². The first-order chi connectivity index (χ1) is 6.60. The van der Waals surface area contributed by atoms with Crippen LogP contribution >= 0.6 is 15.9 Å². The number of H-pyrrole nitrogens is 1. The monoisotopic (exact) mass is 262 g/mol. The minimum atomic E-state index is -2.82. The highest BCUT2D eigenvalue weighted by Crippen LogP contribution is 2.23. The molecule has 0 atom stereocenters. The Morgan fingerprint density at radius 1 is 1.64 bits per heavy atom. The van der Waals surface area contributed by atoms with E-state index in [9.17, 15) is 13.6 Å². The molecular formula is C8H5BrF2N2O. The third-order valence-corrected chi connectivity index (χ3v) is 2.19. The lowest BCUT2D eigenvalue weighted by Gasteiger charge is -2.05. The number of aromatic amines is 1. The summed E-state index contributed by atoms with van der Waals surface area (Å²) >= 11 is 3.00. The van der Waals surface area contributed by atoms with Gasteiger partial charge in [0.2, 0.25) is 5.56 Å². The molecule has 1 N–H and O–H groups in total. The number of halogens is 3. The number of hydrogen-bond donors (Lipinski definition) is 1. The molecule has 74 valence electrons. The van der Waals surface area contributed by atoms with Crippen molar-refractivity contribution in [1.82, 2.24) is 4.98 Å². The molecule has 14 heavy (non-hydrogen) atoms. The maximum atomic E-state index is 12.4. The molecule has 1 rings (SSSR count). The molecule has 0 unspecified atom stereocenters. The molecule has 0 aromatic carbocycles. The molecular weight excluding hydrogens is 258 g/mol. The molecule has 0 aliphatic heterocycles. The van der Waals surface area contributed by atoms with Gasteiger partial charge in [0.15, 0.2) is 0 Å². The Morgan fingerprint density at radius 2 is 2.29 bits per heavy atom. The zero-order valence-electron chi connectivity index (χ0n) is 6.85. The number of pyridine rings is 1. The molecule has 0 spiro atoms. The number of alkyl halides is 3. The van der Waals surface area contributed by atoms with Crippen LogP contribution in [0.25, 0.3) is 0 Å². The number of nitrogens with zero attached hydrogens (tertiary/aromatic N) is 1. The summed E-state index contributed by atoms with van der Waals surface area (Å²) < 4.78 is 24.8. The molecule has 3 nitrogen and oxygen atoms in total. The summed E-state index contributed by atoms with van der Waals surface area (Å²) in [6.07, 6.45) is -2.82. The van der Waals surface area contributed by atoms with Crippen molar-refractivity contribution in [2.75, 3.05) is 0 Å². The predicted molar refractivity (Wildman–Crippen MR) is 49.4 cm³/mol. The van der Waals surface area contributed by atoms with Crippen LogP contribution in [0.2, 0.25) is 0 Å². The van der Waals surface area contributed by atoms with Crippen LogP contribution in [0, 0.1) is 11.3 Å². The highest BCUT2D eigenvalue weighted by atomic mass is 79.9. The molecule has 1 aromatic rings. The van der Waals surface area contributed by atoms with Crippen molar-refractivity contribution in [3.8, 4) is 6.07 Å². The molecule has 6 heteroatoms. The molecule has 0 amide bonds. The normalized spacial score (nSPS) is 10.2. The second kappa shape index (κ2) is 4.33. The van der Waals surface area contributed by atoms with Gasteiger partial charge in [0, 0.05) is 22.7 Å². The average Bonchev–Trinajstić information content (AvgIpc) is 2.16. The summed E-state index contributed by atoms with van der Waals surface area (Å²) in [5.74, 6) is 0. The summed E-state index contributed by atoms with van der Waals surface area (Å²) in [5.41, 5.74) is -1.15. The van der Waals surface area contributed by atoms with E-state index >= 15 is 0 Å². The number of rotatable bonds is 2. The quantitative estimate of drug-likeness (QED) is 0.830. The zero-order valence-corrected chi connectivity index (χ0v) is 8.44. The van der Waals surface area contributed by atoms with Crippen LogP contribution in [0.1, 0.15) is 23.2 Å². The van der Waals surface area contributed by atoms with E-state index in [2.05, 4.69) is 20.9 Å². The van der Waals surface area contributed by atoms with E-state index in [1.165, 1.54) is 0 Å². The van der Waals surface area contributed by atoms with Crippen molar-refractivity contribution in [3.05, 3.63) is 33.2 Å². The standard InChI is InChI=1S/C8H5BrF2N2O/c9-2-6-5(3-12)4(8(10)11)1-7(14)13-6/h1,8H,2H2,(H,13,14). The third kappa shape index (κ3) is 1.99. The van der Waals surface area contributed by atoms with Crippen LogP contribution in [-0.4, -0.2) is 4.98 Å². The smallest absolute Gasteiger partial charge is 0.265 e. The largest absolute Gasteiger partial charge is 0.324 e. The van der Waals surface area contributed by atoms with Crippen LogP contribution in [0.5, 0.6) is 0 Å². The average molecular weight is 263 g/mol. The van der Waals surface area contributed by atoms with E-state index < -0.39 is 17.5 Å². The maximum absolute atomic E-state index is 12.4. The Balaban J connectivity index is 3.49. The fourth-order valence-electron chi connectivity index (χ4n) is 1.04. The SMILES string of the molecule is N#Cc1c(C(F)F)cc(=O)[nH]c1CBr. The fourth-order valence-corrected chi connectivity index (χ4v) is 1.46. The first-order valence-corrected chi connectivity index (χ1v) is 4.72. The maximum Gasteiger partial charge on any atom is 0.265 e. The van der Waals surface area contributed by atoms with Gasteiger partial charge < -0.3 is 4.98 Å². The van der Waals surface area contributed by atoms with Gasteiger partial charge in [-0.3, -0.25) is 4.79 Å². The molecule has 0 saturated carbocycles. The molecule has 0 fully saturated rings. The van der Waals surface area contributed by atoms with Gasteiger partial charge >= 0.3 is 0 Å². The topological polar surface area (TPSA) is 56.6 Å². The van der Waals surface area contributed by atoms with Gasteiger partial charge in [-0.2, -0.15) is 5.26 Å². The van der Waals surface area contributed by atoms with Gasteiger partial charge in [-0.05, 0) is 0 Å². The fraction of sp³-hybridized carbons (Fsp3) is 0.250. The Labute approximate surface area is 86.5 Å². The Bertz CT molecular complexity index is 436. The number of nitrogens with one attached hydrogen (secondary N) is 1. The second-order valence-electron chi connectivity index (χ2n) is 2.49. The Morgan fingerprint density at radius 3 is 2.71 bits per heavy atom. The summed E-state index contributed by atoms with van der Waals surface area (Å²) in [4.78, 5) is 13.2. The van der Waals surface area contributed by atoms with E-state index in [1.54, 1.807) is 6.07 Å². The molecule has 0 radical (unpaired) electrons. The number of nitriles is 1. The van der Waals surface area contributed by atoms with Crippen molar-refractivity contribution in [2.24, 2.45) is 0 Å². The number of aromatic nitrogens is 1. The van der Waals surface area contributed by atoms with Gasteiger partial charge in [-0.25, -0.2) is 8.78 Å². The minimum absolute atomic E-state index is 0.158. The van der Waals surface area contributed by atoms with Crippen LogP contribution in [0.4, 0.5) is 8.78 Å². The van der Waals surface area contributed by atoms with Crippen LogP contribution in [-0.2, 0) is 5.33 Å². The Hall–Kier alpha value is -1.22. The van der Waals surface area contributed by atoms with Gasteiger partial charge in [-0.1, -0.05) is 15.9 Å². The van der Waals surface area contributed by atoms with E-state index in [-0.39, 0.29) is 16.6 Å². The molecule has 0 aliphatic carbocycles. The van der Waals surface area contributed by atoms with Crippen LogP contribution < -0.4 is 5.56 Å². The van der Waals surface area contributed by atoms with Crippen molar-refractivity contribution in [2.45, 2.75) is 11.8 Å². The van der Waals surface area contributed by atoms with Crippen LogP contribution in [0.3, 0.4) is 0 Å². The highest BCUT2D eigenvalue weighted by molar-refractivity contribution is 9.08. The van der Waals surface area contributed by atoms with E-state index in [1.807, 2.05) is 0 Å². The number of hydrogen-bond acceptors (Lipinski definition) is 2. The highest BCUT2D eigenvalue weighted by Gasteiger charge is 2.17. The van der Waals surface area contributed by atoms with Crippen molar-refractivity contribution in [1.29, 1.82) is 5.26 Å². The van der Waals surface area contributed by atoms with E-state index in [0.29, 0.717) is 0 Å². The van der Waals surface area contributed by atoms with Gasteiger partial charge in [0.1, 0.15) is 6.07 Å². The van der Waals surface area contributed by atoms with Crippen molar-refractivity contribution < 1.29 is 8.78 Å². The summed E-state index contributed by atoms with van der Waals surface area (Å²) in [5, 5.41) is 8.80. The summed E-state index contributed by atoms with van der Waals surface area (Å²) in [7, 11) is 0. The lowest BCUT2D eigenvalue weighted by atomic mass is 10.1. The van der Waals surface area contributed by atoms with E-state index in [4.69, 9.17) is 5.26 Å². The molecule has 1 aromatic heterocycles. The minimum Gasteiger partial charge on any atom is -0.324 e. The lowest BCUT2D eigenvalue weighted by Crippen LogP contribution is -2.12.